The van der Waals surface area contributed by atoms with Crippen molar-refractivity contribution in [3.05, 3.63) is 63.6 Å². The van der Waals surface area contributed by atoms with Crippen LogP contribution in [0.15, 0.2) is 42.5 Å². The molecule has 1 unspecified atom stereocenters. The van der Waals surface area contributed by atoms with E-state index in [1.165, 1.54) is 11.1 Å². The Balaban J connectivity index is 2.25. The van der Waals surface area contributed by atoms with Crippen molar-refractivity contribution in [3.63, 3.8) is 0 Å². The zero-order valence-corrected chi connectivity index (χ0v) is 14.0. The quantitative estimate of drug-likeness (QED) is 0.841. The van der Waals surface area contributed by atoms with Crippen molar-refractivity contribution in [2.45, 2.75) is 19.5 Å². The molecule has 0 bridgehead atoms. The third-order valence-electron chi connectivity index (χ3n) is 3.69. The molecular weight excluding hydrogens is 303 g/mol. The zero-order chi connectivity index (χ0) is 15.4. The van der Waals surface area contributed by atoms with Gasteiger partial charge in [0.15, 0.2) is 0 Å². The average Bonchev–Trinajstić information content (AvgIpc) is 2.46. The van der Waals surface area contributed by atoms with Crippen molar-refractivity contribution >= 4 is 28.9 Å². The molecule has 0 aromatic heterocycles. The first-order valence-corrected chi connectivity index (χ1v) is 7.70. The maximum Gasteiger partial charge on any atom is 0.0642 e. The summed E-state index contributed by atoms with van der Waals surface area (Å²) >= 11 is 12.5. The van der Waals surface area contributed by atoms with Crippen LogP contribution in [-0.4, -0.2) is 14.1 Å². The highest BCUT2D eigenvalue weighted by molar-refractivity contribution is 6.33. The topological polar surface area (TPSA) is 15.3 Å². The number of benzene rings is 2. The molecule has 4 heteroatoms. The lowest BCUT2D eigenvalue weighted by atomic mass is 10.1. The highest BCUT2D eigenvalue weighted by atomic mass is 35.5. The van der Waals surface area contributed by atoms with Crippen LogP contribution in [-0.2, 0) is 6.54 Å². The lowest BCUT2D eigenvalue weighted by Gasteiger charge is -2.28. The number of nitrogens with zero attached hydrogens (tertiary/aromatic N) is 1. The van der Waals surface area contributed by atoms with Crippen LogP contribution < -0.4 is 10.2 Å². The monoisotopic (exact) mass is 322 g/mol. The van der Waals surface area contributed by atoms with Crippen LogP contribution in [0.2, 0.25) is 10.0 Å². The summed E-state index contributed by atoms with van der Waals surface area (Å²) in [6.07, 6.45) is 0. The molecule has 0 saturated carbocycles. The van der Waals surface area contributed by atoms with E-state index < -0.39 is 0 Å². The fraction of sp³-hybridized carbons (Fsp3) is 0.294. The van der Waals surface area contributed by atoms with E-state index in [4.69, 9.17) is 23.2 Å². The Hall–Kier alpha value is -1.22. The van der Waals surface area contributed by atoms with Gasteiger partial charge in [-0.1, -0.05) is 41.4 Å². The Kier molecular flexibility index (Phi) is 5.51. The molecule has 0 heterocycles. The molecule has 112 valence electrons. The molecule has 1 atom stereocenters. The van der Waals surface area contributed by atoms with Gasteiger partial charge in [0.1, 0.15) is 0 Å². The van der Waals surface area contributed by atoms with E-state index in [0.29, 0.717) is 0 Å². The molecule has 0 aliphatic heterocycles. The summed E-state index contributed by atoms with van der Waals surface area (Å²) in [6.45, 7) is 2.96. The molecule has 21 heavy (non-hydrogen) atoms. The van der Waals surface area contributed by atoms with Gasteiger partial charge in [-0.05, 0) is 49.4 Å². The Bertz CT molecular complexity index is 613. The van der Waals surface area contributed by atoms with Crippen molar-refractivity contribution in [2.24, 2.45) is 0 Å². The summed E-state index contributed by atoms with van der Waals surface area (Å²) < 4.78 is 0. The molecule has 0 radical (unpaired) electrons. The Morgan fingerprint density at radius 3 is 2.52 bits per heavy atom. The van der Waals surface area contributed by atoms with Gasteiger partial charge in [-0.15, -0.1) is 0 Å². The van der Waals surface area contributed by atoms with Gasteiger partial charge in [-0.2, -0.15) is 0 Å². The molecule has 0 fully saturated rings. The number of anilines is 1. The van der Waals surface area contributed by atoms with Crippen LogP contribution >= 0.6 is 23.2 Å². The van der Waals surface area contributed by atoms with E-state index in [2.05, 4.69) is 35.3 Å². The molecule has 1 N–H and O–H groups in total. The molecule has 0 aliphatic rings. The SMILES string of the molecule is CNCc1ccc(N(C)C(C)c2cccc(Cl)c2)c(Cl)c1. The highest BCUT2D eigenvalue weighted by Gasteiger charge is 2.15. The Morgan fingerprint density at radius 2 is 1.90 bits per heavy atom. The van der Waals surface area contributed by atoms with Gasteiger partial charge in [-0.3, -0.25) is 0 Å². The highest BCUT2D eigenvalue weighted by Crippen LogP contribution is 2.32. The van der Waals surface area contributed by atoms with E-state index >= 15 is 0 Å². The number of hydrogen-bond acceptors (Lipinski definition) is 2. The van der Waals surface area contributed by atoms with E-state index in [0.717, 1.165) is 22.3 Å². The van der Waals surface area contributed by atoms with Crippen molar-refractivity contribution in [2.75, 3.05) is 19.0 Å². The first kappa shape index (κ1) is 16.2. The van der Waals surface area contributed by atoms with Gasteiger partial charge < -0.3 is 10.2 Å². The summed E-state index contributed by atoms with van der Waals surface area (Å²) in [6, 6.07) is 14.3. The summed E-state index contributed by atoms with van der Waals surface area (Å²) in [5.41, 5.74) is 3.36. The number of hydrogen-bond donors (Lipinski definition) is 1. The molecule has 2 nitrogen and oxygen atoms in total. The molecule has 2 rings (SSSR count). The van der Waals surface area contributed by atoms with Crippen LogP contribution in [0.4, 0.5) is 5.69 Å². The van der Waals surface area contributed by atoms with Gasteiger partial charge >= 0.3 is 0 Å². The fourth-order valence-electron chi connectivity index (χ4n) is 2.35. The second-order valence-electron chi connectivity index (χ2n) is 5.16. The minimum atomic E-state index is 0.191. The van der Waals surface area contributed by atoms with Crippen LogP contribution in [0, 0.1) is 0 Å². The summed E-state index contributed by atoms with van der Waals surface area (Å²) in [5, 5.41) is 4.64. The van der Waals surface area contributed by atoms with E-state index in [1.807, 2.05) is 38.4 Å². The maximum atomic E-state index is 6.43. The summed E-state index contributed by atoms with van der Waals surface area (Å²) in [4.78, 5) is 2.16. The first-order chi connectivity index (χ1) is 10.0. The smallest absolute Gasteiger partial charge is 0.0642 e. The van der Waals surface area contributed by atoms with E-state index in [9.17, 15) is 0 Å². The van der Waals surface area contributed by atoms with Crippen molar-refractivity contribution in [3.8, 4) is 0 Å². The molecule has 2 aromatic rings. The van der Waals surface area contributed by atoms with Crippen molar-refractivity contribution in [1.29, 1.82) is 0 Å². The summed E-state index contributed by atoms with van der Waals surface area (Å²) in [5.74, 6) is 0. The molecule has 2 aromatic carbocycles. The minimum absolute atomic E-state index is 0.191. The molecule has 0 saturated heterocycles. The zero-order valence-electron chi connectivity index (χ0n) is 12.5. The van der Waals surface area contributed by atoms with Gasteiger partial charge in [0.2, 0.25) is 0 Å². The van der Waals surface area contributed by atoms with Crippen molar-refractivity contribution in [1.82, 2.24) is 5.32 Å². The van der Waals surface area contributed by atoms with Gasteiger partial charge in [-0.25, -0.2) is 0 Å². The third kappa shape index (κ3) is 3.91. The lowest BCUT2D eigenvalue weighted by Crippen LogP contribution is -2.22. The molecular formula is C17H20Cl2N2. The Morgan fingerprint density at radius 1 is 1.14 bits per heavy atom. The predicted molar refractivity (Wildman–Crippen MR) is 92.5 cm³/mol. The predicted octanol–water partition coefficient (Wildman–Crippen LogP) is 4.91. The minimum Gasteiger partial charge on any atom is -0.367 e. The number of nitrogens with one attached hydrogen (secondary N) is 1. The average molecular weight is 323 g/mol. The lowest BCUT2D eigenvalue weighted by molar-refractivity contribution is 0.739. The third-order valence-corrected chi connectivity index (χ3v) is 4.22. The van der Waals surface area contributed by atoms with Crippen LogP contribution in [0.25, 0.3) is 0 Å². The normalized spacial score (nSPS) is 12.2. The standard InChI is InChI=1S/C17H20Cl2N2/c1-12(14-5-4-6-15(18)10-14)21(3)17-8-7-13(11-20-2)9-16(17)19/h4-10,12,20H,11H2,1-3H3. The number of halogens is 2. The first-order valence-electron chi connectivity index (χ1n) is 6.94. The largest absolute Gasteiger partial charge is 0.367 e. The van der Waals surface area contributed by atoms with Crippen LogP contribution in [0.1, 0.15) is 24.1 Å². The molecule has 0 amide bonds. The molecule has 0 aliphatic carbocycles. The number of rotatable bonds is 5. The van der Waals surface area contributed by atoms with Gasteiger partial charge in [0.25, 0.3) is 0 Å². The van der Waals surface area contributed by atoms with E-state index in [1.54, 1.807) is 0 Å². The van der Waals surface area contributed by atoms with Crippen LogP contribution in [0.3, 0.4) is 0 Å². The van der Waals surface area contributed by atoms with E-state index in [-0.39, 0.29) is 6.04 Å². The second-order valence-corrected chi connectivity index (χ2v) is 6.00. The second kappa shape index (κ2) is 7.17. The van der Waals surface area contributed by atoms with Gasteiger partial charge in [0.05, 0.1) is 16.8 Å². The Labute approximate surface area is 136 Å². The molecule has 0 spiro atoms. The van der Waals surface area contributed by atoms with Crippen molar-refractivity contribution < 1.29 is 0 Å². The maximum absolute atomic E-state index is 6.43. The summed E-state index contributed by atoms with van der Waals surface area (Å²) in [7, 11) is 3.97. The van der Waals surface area contributed by atoms with Crippen LogP contribution in [0.5, 0.6) is 0 Å². The fourth-order valence-corrected chi connectivity index (χ4v) is 2.88. The van der Waals surface area contributed by atoms with Gasteiger partial charge in [0, 0.05) is 18.6 Å².